The maximum atomic E-state index is 9.59. The summed E-state index contributed by atoms with van der Waals surface area (Å²) in [6.07, 6.45) is 3.47. The molecule has 2 rings (SSSR count). The Bertz CT molecular complexity index is 428. The zero-order valence-corrected chi connectivity index (χ0v) is 12.7. The molecule has 0 bridgehead atoms. The smallest absolute Gasteiger partial charge is 0.0948 e. The van der Waals surface area contributed by atoms with Gasteiger partial charge in [-0.25, -0.2) is 0 Å². The van der Waals surface area contributed by atoms with E-state index in [1.54, 1.807) is 11.8 Å². The van der Waals surface area contributed by atoms with Crippen molar-refractivity contribution in [2.24, 2.45) is 5.73 Å². The van der Waals surface area contributed by atoms with Gasteiger partial charge in [0.1, 0.15) is 0 Å². The largest absolute Gasteiger partial charge is 0.393 e. The maximum absolute atomic E-state index is 9.59. The molecule has 1 aliphatic heterocycles. The van der Waals surface area contributed by atoms with Crippen LogP contribution in [0.1, 0.15) is 24.4 Å². The summed E-state index contributed by atoms with van der Waals surface area (Å²) in [7, 11) is 0. The number of aliphatic hydroxyl groups excluding tert-OH is 1. The Kier molecular flexibility index (Phi) is 5.21. The van der Waals surface area contributed by atoms with Gasteiger partial charge in [0, 0.05) is 18.0 Å². The van der Waals surface area contributed by atoms with Crippen LogP contribution in [0.5, 0.6) is 0 Å². The average Bonchev–Trinajstić information content (AvgIpc) is 2.42. The van der Waals surface area contributed by atoms with Gasteiger partial charge < -0.3 is 10.8 Å². The second-order valence-electron chi connectivity index (χ2n) is 4.85. The second-order valence-corrected chi connectivity index (χ2v) is 6.20. The lowest BCUT2D eigenvalue weighted by molar-refractivity contribution is 0.0739. The molecule has 1 atom stereocenters. The average molecular weight is 296 g/mol. The van der Waals surface area contributed by atoms with Crippen LogP contribution in [-0.2, 0) is 0 Å². The van der Waals surface area contributed by atoms with Crippen molar-refractivity contribution in [2.75, 3.05) is 19.3 Å². The minimum Gasteiger partial charge on any atom is -0.393 e. The zero-order valence-electron chi connectivity index (χ0n) is 11.1. The molecule has 3 nitrogen and oxygen atoms in total. The predicted molar refractivity (Wildman–Crippen MR) is 84.6 cm³/mol. The van der Waals surface area contributed by atoms with E-state index < -0.39 is 0 Å². The predicted octanol–water partition coefficient (Wildman–Crippen LogP) is 2.19. The monoisotopic (exact) mass is 296 g/mol. The third-order valence-electron chi connectivity index (χ3n) is 3.57. The van der Waals surface area contributed by atoms with Crippen LogP contribution < -0.4 is 5.73 Å². The van der Waals surface area contributed by atoms with Crippen LogP contribution in [0.4, 0.5) is 0 Å². The van der Waals surface area contributed by atoms with Crippen molar-refractivity contribution in [3.63, 3.8) is 0 Å². The Morgan fingerprint density at radius 1 is 1.37 bits per heavy atom. The van der Waals surface area contributed by atoms with E-state index in [1.807, 2.05) is 0 Å². The van der Waals surface area contributed by atoms with E-state index in [1.165, 1.54) is 4.90 Å². The van der Waals surface area contributed by atoms with Gasteiger partial charge in [0.05, 0.1) is 17.1 Å². The van der Waals surface area contributed by atoms with Gasteiger partial charge >= 0.3 is 0 Å². The lowest BCUT2D eigenvalue weighted by Crippen LogP contribution is -2.43. The van der Waals surface area contributed by atoms with Gasteiger partial charge in [-0.05, 0) is 36.8 Å². The molecule has 1 aliphatic rings. The van der Waals surface area contributed by atoms with Crippen molar-refractivity contribution < 1.29 is 5.11 Å². The lowest BCUT2D eigenvalue weighted by Gasteiger charge is -2.35. The first-order chi connectivity index (χ1) is 9.11. The number of nitrogens with zero attached hydrogens (tertiary/aromatic N) is 1. The number of hydrogen-bond donors (Lipinski definition) is 2. The normalized spacial score (nSPS) is 19.3. The van der Waals surface area contributed by atoms with Gasteiger partial charge in [-0.3, -0.25) is 4.90 Å². The highest BCUT2D eigenvalue weighted by molar-refractivity contribution is 7.98. The summed E-state index contributed by atoms with van der Waals surface area (Å²) in [5, 5.41) is 9.59. The Balaban J connectivity index is 2.17. The first-order valence-electron chi connectivity index (χ1n) is 6.47. The molecule has 1 aromatic carbocycles. The highest BCUT2D eigenvalue weighted by Crippen LogP contribution is 2.26. The van der Waals surface area contributed by atoms with Crippen LogP contribution in [-0.4, -0.2) is 40.4 Å². The molecular formula is C14H20N2OS2. The van der Waals surface area contributed by atoms with Crippen LogP contribution >= 0.6 is 24.0 Å². The van der Waals surface area contributed by atoms with E-state index in [4.69, 9.17) is 18.0 Å². The number of hydrogen-bond acceptors (Lipinski definition) is 4. The SMILES string of the molecule is CSc1ccc(C(C(N)=S)N2CCC(O)CC2)cc1. The minimum absolute atomic E-state index is 0.0154. The van der Waals surface area contributed by atoms with Crippen molar-refractivity contribution in [3.05, 3.63) is 29.8 Å². The molecular weight excluding hydrogens is 276 g/mol. The molecule has 0 saturated carbocycles. The summed E-state index contributed by atoms with van der Waals surface area (Å²) >= 11 is 6.96. The van der Waals surface area contributed by atoms with Gasteiger partial charge in [0.25, 0.3) is 0 Å². The molecule has 0 aromatic heterocycles. The van der Waals surface area contributed by atoms with Gasteiger partial charge in [-0.2, -0.15) is 0 Å². The Morgan fingerprint density at radius 3 is 2.42 bits per heavy atom. The van der Waals surface area contributed by atoms with Crippen molar-refractivity contribution in [1.29, 1.82) is 0 Å². The first kappa shape index (κ1) is 14.8. The van der Waals surface area contributed by atoms with Crippen molar-refractivity contribution in [2.45, 2.75) is 29.9 Å². The van der Waals surface area contributed by atoms with Crippen LogP contribution in [0, 0.1) is 0 Å². The van der Waals surface area contributed by atoms with Crippen LogP contribution in [0.25, 0.3) is 0 Å². The molecule has 3 N–H and O–H groups in total. The number of rotatable bonds is 4. The van der Waals surface area contributed by atoms with E-state index in [0.29, 0.717) is 4.99 Å². The van der Waals surface area contributed by atoms with Crippen LogP contribution in [0.3, 0.4) is 0 Å². The highest BCUT2D eigenvalue weighted by Gasteiger charge is 2.27. The zero-order chi connectivity index (χ0) is 13.8. The van der Waals surface area contributed by atoms with E-state index in [2.05, 4.69) is 35.4 Å². The van der Waals surface area contributed by atoms with Gasteiger partial charge in [0.2, 0.25) is 0 Å². The van der Waals surface area contributed by atoms with Gasteiger partial charge in [-0.15, -0.1) is 11.8 Å². The van der Waals surface area contributed by atoms with Crippen LogP contribution in [0.15, 0.2) is 29.2 Å². The molecule has 1 fully saturated rings. The van der Waals surface area contributed by atoms with Gasteiger partial charge in [0.15, 0.2) is 0 Å². The van der Waals surface area contributed by atoms with Gasteiger partial charge in [-0.1, -0.05) is 24.4 Å². The number of piperidine rings is 1. The van der Waals surface area contributed by atoms with Crippen molar-refractivity contribution in [1.82, 2.24) is 4.90 Å². The highest BCUT2D eigenvalue weighted by atomic mass is 32.2. The quantitative estimate of drug-likeness (QED) is 0.659. The third-order valence-corrected chi connectivity index (χ3v) is 4.53. The molecule has 0 aliphatic carbocycles. The number of benzene rings is 1. The Morgan fingerprint density at radius 2 is 1.95 bits per heavy atom. The topological polar surface area (TPSA) is 49.5 Å². The van der Waals surface area contributed by atoms with Crippen molar-refractivity contribution in [3.8, 4) is 0 Å². The third kappa shape index (κ3) is 3.69. The summed E-state index contributed by atoms with van der Waals surface area (Å²) in [5.41, 5.74) is 7.07. The number of nitrogens with two attached hydrogens (primary N) is 1. The molecule has 0 amide bonds. The Hall–Kier alpha value is -0.620. The molecule has 0 radical (unpaired) electrons. The number of thiocarbonyl (C=S) groups is 1. The summed E-state index contributed by atoms with van der Waals surface area (Å²) in [4.78, 5) is 4.01. The van der Waals surface area contributed by atoms with E-state index >= 15 is 0 Å². The first-order valence-corrected chi connectivity index (χ1v) is 8.10. The summed E-state index contributed by atoms with van der Waals surface area (Å²) in [5.74, 6) is 0. The summed E-state index contributed by atoms with van der Waals surface area (Å²) in [6.45, 7) is 1.68. The number of thioether (sulfide) groups is 1. The number of likely N-dealkylation sites (tertiary alicyclic amines) is 1. The molecule has 0 spiro atoms. The van der Waals surface area contributed by atoms with E-state index in [-0.39, 0.29) is 12.1 Å². The number of aliphatic hydroxyl groups is 1. The van der Waals surface area contributed by atoms with Crippen molar-refractivity contribution >= 4 is 29.0 Å². The molecule has 1 unspecified atom stereocenters. The molecule has 5 heteroatoms. The molecule has 19 heavy (non-hydrogen) atoms. The molecule has 104 valence electrons. The van der Waals surface area contributed by atoms with E-state index in [0.717, 1.165) is 31.5 Å². The van der Waals surface area contributed by atoms with E-state index in [9.17, 15) is 5.11 Å². The molecule has 1 aromatic rings. The lowest BCUT2D eigenvalue weighted by atomic mass is 10.0. The molecule has 1 heterocycles. The second kappa shape index (κ2) is 6.70. The minimum atomic E-state index is -0.179. The summed E-state index contributed by atoms with van der Waals surface area (Å²) < 4.78 is 0. The van der Waals surface area contributed by atoms with Crippen LogP contribution in [0.2, 0.25) is 0 Å². The fraction of sp³-hybridized carbons (Fsp3) is 0.500. The summed E-state index contributed by atoms with van der Waals surface area (Å²) in [6, 6.07) is 8.38. The fourth-order valence-electron chi connectivity index (χ4n) is 2.49. The standard InChI is InChI=1S/C14H20N2OS2/c1-19-12-4-2-10(3-5-12)13(14(15)18)16-8-6-11(17)7-9-16/h2-5,11,13,17H,6-9H2,1H3,(H2,15,18). The molecule has 1 saturated heterocycles. The fourth-order valence-corrected chi connectivity index (χ4v) is 3.18. The maximum Gasteiger partial charge on any atom is 0.0948 e. The Labute approximate surface area is 124 Å².